The van der Waals surface area contributed by atoms with Crippen LogP contribution in [0.4, 0.5) is 0 Å². The predicted octanol–water partition coefficient (Wildman–Crippen LogP) is 4.35. The highest BCUT2D eigenvalue weighted by Gasteiger charge is 2.31. The van der Waals surface area contributed by atoms with Crippen LogP contribution in [-0.2, 0) is 16.2 Å². The average Bonchev–Trinajstić information content (AvgIpc) is 2.53. The molecule has 2 aromatic rings. The van der Waals surface area contributed by atoms with Gasteiger partial charge in [0.2, 0.25) is 0 Å². The van der Waals surface area contributed by atoms with Gasteiger partial charge in [-0.2, -0.15) is 0 Å². The number of carbonyl (C=O) groups is 1. The Morgan fingerprint density at radius 2 is 1.81 bits per heavy atom. The number of ether oxygens (including phenoxy) is 1. The molecule has 1 unspecified atom stereocenters. The second-order valence-corrected chi connectivity index (χ2v) is 9.14. The lowest BCUT2D eigenvalue weighted by Crippen LogP contribution is -2.41. The zero-order chi connectivity index (χ0) is 19.3. The number of hydrogen-bond acceptors (Lipinski definition) is 4. The number of benzene rings is 2. The number of carboxylic acids is 1. The summed E-state index contributed by atoms with van der Waals surface area (Å²) in [5, 5.41) is 9.23. The lowest BCUT2D eigenvalue weighted by molar-refractivity contribution is -0.137. The third-order valence-corrected chi connectivity index (χ3v) is 5.28. The van der Waals surface area contributed by atoms with E-state index < -0.39 is 28.1 Å². The number of rotatable bonds is 7. The van der Waals surface area contributed by atoms with Gasteiger partial charge in [-0.15, -0.1) is 4.72 Å². The summed E-state index contributed by atoms with van der Waals surface area (Å²) in [5.41, 5.74) is 1.81. The van der Waals surface area contributed by atoms with Gasteiger partial charge in [0, 0.05) is 11.4 Å². The molecule has 0 aliphatic heterocycles. The van der Waals surface area contributed by atoms with Gasteiger partial charge in [-0.1, -0.05) is 24.3 Å². The highest BCUT2D eigenvalue weighted by molar-refractivity contribution is 7.90. The van der Waals surface area contributed by atoms with Crippen LogP contribution < -0.4 is 9.46 Å². The second-order valence-electron chi connectivity index (χ2n) is 7.14. The summed E-state index contributed by atoms with van der Waals surface area (Å²) in [6.45, 7) is 7.50. The third-order valence-electron chi connectivity index (χ3n) is 3.67. The van der Waals surface area contributed by atoms with E-state index in [1.165, 1.54) is 0 Å². The minimum Gasteiger partial charge on any atom is -0.598 e. The molecular weight excluding hydrogens is 350 g/mol. The first-order valence-corrected chi connectivity index (χ1v) is 9.54. The number of carboxylic acid groups (broad SMARTS) is 1. The fraction of sp³-hybridized carbons (Fsp3) is 0.350. The van der Waals surface area contributed by atoms with Crippen molar-refractivity contribution in [3.8, 4) is 11.5 Å². The van der Waals surface area contributed by atoms with E-state index in [9.17, 15) is 14.5 Å². The number of hydrogen-bond donors (Lipinski definition) is 2. The van der Waals surface area contributed by atoms with Crippen molar-refractivity contribution in [1.29, 1.82) is 0 Å². The maximum Gasteiger partial charge on any atom is 0.305 e. The topological polar surface area (TPSA) is 81.6 Å². The maximum atomic E-state index is 12.4. The van der Waals surface area contributed by atoms with Crippen LogP contribution in [0.1, 0.15) is 44.4 Å². The van der Waals surface area contributed by atoms with Gasteiger partial charge < -0.3 is 14.4 Å². The molecule has 0 radical (unpaired) electrons. The van der Waals surface area contributed by atoms with Crippen LogP contribution in [-0.4, -0.2) is 20.4 Å². The summed E-state index contributed by atoms with van der Waals surface area (Å²) in [7, 11) is 0. The van der Waals surface area contributed by atoms with Gasteiger partial charge in [-0.25, -0.2) is 0 Å². The molecule has 2 atom stereocenters. The van der Waals surface area contributed by atoms with Gasteiger partial charge in [0.05, 0.1) is 12.5 Å². The molecule has 140 valence electrons. The minimum absolute atomic E-state index is 0.171. The Morgan fingerprint density at radius 1 is 1.19 bits per heavy atom. The number of aryl methyl sites for hydroxylation is 1. The van der Waals surface area contributed by atoms with Crippen LogP contribution in [0.5, 0.6) is 11.5 Å². The summed E-state index contributed by atoms with van der Waals surface area (Å²) in [6.07, 6.45) is -0.171. The first kappa shape index (κ1) is 20.3. The first-order chi connectivity index (χ1) is 12.1. The van der Waals surface area contributed by atoms with E-state index in [0.29, 0.717) is 11.5 Å². The van der Waals surface area contributed by atoms with Gasteiger partial charge in [0.15, 0.2) is 0 Å². The Hall–Kier alpha value is -2.02. The zero-order valence-corrected chi connectivity index (χ0v) is 16.3. The van der Waals surface area contributed by atoms with Crippen LogP contribution in [0.2, 0.25) is 0 Å². The molecule has 0 aliphatic rings. The highest BCUT2D eigenvalue weighted by atomic mass is 32.2. The molecule has 0 heterocycles. The Morgan fingerprint density at radius 3 is 2.38 bits per heavy atom. The summed E-state index contributed by atoms with van der Waals surface area (Å²) < 4.78 is 20.7. The van der Waals surface area contributed by atoms with Crippen LogP contribution in [0, 0.1) is 6.92 Å². The summed E-state index contributed by atoms with van der Waals surface area (Å²) in [6, 6.07) is 14.3. The maximum absolute atomic E-state index is 12.4. The monoisotopic (exact) mass is 375 g/mol. The lowest BCUT2D eigenvalue weighted by atomic mass is 10.0. The molecule has 0 saturated carbocycles. The van der Waals surface area contributed by atoms with Crippen molar-refractivity contribution in [3.05, 3.63) is 59.7 Å². The van der Waals surface area contributed by atoms with Crippen molar-refractivity contribution >= 4 is 17.3 Å². The molecule has 0 aromatic heterocycles. The van der Waals surface area contributed by atoms with Crippen molar-refractivity contribution in [2.45, 2.75) is 44.9 Å². The quantitative estimate of drug-likeness (QED) is 0.703. The molecule has 26 heavy (non-hydrogen) atoms. The molecule has 0 spiro atoms. The van der Waals surface area contributed by atoms with E-state index in [2.05, 4.69) is 4.72 Å². The summed E-state index contributed by atoms with van der Waals surface area (Å²) in [4.78, 5) is 11.3. The van der Waals surface area contributed by atoms with E-state index in [-0.39, 0.29) is 6.42 Å². The van der Waals surface area contributed by atoms with Crippen molar-refractivity contribution in [3.63, 3.8) is 0 Å². The van der Waals surface area contributed by atoms with Crippen LogP contribution in [0.3, 0.4) is 0 Å². The zero-order valence-electron chi connectivity index (χ0n) is 15.5. The fourth-order valence-electron chi connectivity index (χ4n) is 2.32. The molecule has 0 amide bonds. The Balaban J connectivity index is 2.23. The summed E-state index contributed by atoms with van der Waals surface area (Å²) in [5.74, 6) is 0.355. The van der Waals surface area contributed by atoms with E-state index >= 15 is 0 Å². The van der Waals surface area contributed by atoms with Gasteiger partial charge in [0.1, 0.15) is 16.2 Å². The van der Waals surface area contributed by atoms with Gasteiger partial charge >= 0.3 is 5.97 Å². The molecule has 0 aliphatic carbocycles. The molecule has 2 N–H and O–H groups in total. The largest absolute Gasteiger partial charge is 0.598 e. The Bertz CT molecular complexity index is 757. The van der Waals surface area contributed by atoms with Crippen molar-refractivity contribution in [2.75, 3.05) is 0 Å². The third kappa shape index (κ3) is 6.05. The van der Waals surface area contributed by atoms with Crippen LogP contribution in [0.25, 0.3) is 0 Å². The molecule has 0 fully saturated rings. The summed E-state index contributed by atoms with van der Waals surface area (Å²) >= 11 is -1.39. The van der Waals surface area contributed by atoms with Gasteiger partial charge in [0.25, 0.3) is 0 Å². The molecular formula is C20H25NO4S. The second kappa shape index (κ2) is 8.58. The van der Waals surface area contributed by atoms with E-state index in [1.54, 1.807) is 12.1 Å². The van der Waals surface area contributed by atoms with Gasteiger partial charge in [-0.05, 0) is 63.1 Å². The van der Waals surface area contributed by atoms with E-state index in [4.69, 9.17) is 4.74 Å². The standard InChI is InChI=1S/C20H25NO4S/c1-14-7-5-9-16(11-14)25-17-10-6-8-15(12-17)18(13-19(22)23)21-26(24)20(2,3)4/h5-12,18,21H,13H2,1-4H3,(H,22,23)/t18?,26-/m1/s1. The lowest BCUT2D eigenvalue weighted by Gasteiger charge is -2.27. The molecule has 2 aromatic carbocycles. The smallest absolute Gasteiger partial charge is 0.305 e. The molecule has 6 heteroatoms. The van der Waals surface area contributed by atoms with E-state index in [0.717, 1.165) is 11.1 Å². The van der Waals surface area contributed by atoms with Crippen molar-refractivity contribution in [2.24, 2.45) is 0 Å². The Kier molecular flexibility index (Phi) is 6.69. The van der Waals surface area contributed by atoms with Crippen LogP contribution >= 0.6 is 0 Å². The molecule has 0 bridgehead atoms. The normalized spacial score (nSPS) is 13.9. The average molecular weight is 375 g/mol. The first-order valence-electron chi connectivity index (χ1n) is 8.39. The van der Waals surface area contributed by atoms with Gasteiger partial charge in [-0.3, -0.25) is 4.79 Å². The molecule has 5 nitrogen and oxygen atoms in total. The number of nitrogens with one attached hydrogen (secondary N) is 1. The van der Waals surface area contributed by atoms with E-state index in [1.807, 2.05) is 64.1 Å². The van der Waals surface area contributed by atoms with Crippen molar-refractivity contribution in [1.82, 2.24) is 4.72 Å². The number of aliphatic carboxylic acids is 1. The molecule has 0 saturated heterocycles. The minimum atomic E-state index is -1.39. The van der Waals surface area contributed by atoms with Crippen molar-refractivity contribution < 1.29 is 19.2 Å². The van der Waals surface area contributed by atoms with Crippen LogP contribution in [0.15, 0.2) is 48.5 Å². The SMILES string of the molecule is Cc1cccc(Oc2cccc(C(CC(=O)O)N[S@+]([O-])C(C)(C)C)c2)c1. The fourth-order valence-corrected chi connectivity index (χ4v) is 3.15. The predicted molar refractivity (Wildman–Crippen MR) is 104 cm³/mol. The molecule has 2 rings (SSSR count). The Labute approximate surface area is 157 Å². The highest BCUT2D eigenvalue weighted by Crippen LogP contribution is 2.28.